The molecular weight excluding hydrogens is 160 g/mol. The van der Waals surface area contributed by atoms with Gasteiger partial charge in [0.1, 0.15) is 0 Å². The van der Waals surface area contributed by atoms with Gasteiger partial charge in [-0.25, -0.2) is 0 Å². The Balaban J connectivity index is 2.16. The highest BCUT2D eigenvalue weighted by Crippen LogP contribution is 2.20. The summed E-state index contributed by atoms with van der Waals surface area (Å²) in [6, 6.07) is 0.738. The molecule has 1 rings (SSSR count). The molecule has 0 aliphatic carbocycles. The van der Waals surface area contributed by atoms with Gasteiger partial charge in [-0.3, -0.25) is 10.9 Å². The minimum absolute atomic E-state index is 0.738. The van der Waals surface area contributed by atoms with Gasteiger partial charge in [0.05, 0.1) is 0 Å². The first-order valence-corrected chi connectivity index (χ1v) is 5.86. The van der Waals surface area contributed by atoms with Crippen LogP contribution in [0.1, 0.15) is 52.4 Å². The lowest BCUT2D eigenvalue weighted by molar-refractivity contribution is 0.334. The van der Waals surface area contributed by atoms with E-state index in [0.29, 0.717) is 0 Å². The molecule has 1 saturated heterocycles. The van der Waals surface area contributed by atoms with Crippen LogP contribution in [0.15, 0.2) is 0 Å². The molecule has 13 heavy (non-hydrogen) atoms. The normalized spacial score (nSPS) is 24.9. The Morgan fingerprint density at radius 3 is 2.69 bits per heavy atom. The summed E-state index contributed by atoms with van der Waals surface area (Å²) < 4.78 is 0. The summed E-state index contributed by atoms with van der Waals surface area (Å²) in [6.45, 7) is 5.74. The largest absolute Gasteiger partial charge is 0.258 e. The molecule has 0 bridgehead atoms. The Labute approximate surface area is 82.5 Å². The van der Waals surface area contributed by atoms with Crippen LogP contribution in [0, 0.1) is 5.92 Å². The van der Waals surface area contributed by atoms with Crippen molar-refractivity contribution in [2.75, 3.05) is 6.54 Å². The molecular formula is C11H24N2. The summed E-state index contributed by atoms with van der Waals surface area (Å²) in [5, 5.41) is 0. The second kappa shape index (κ2) is 6.39. The van der Waals surface area contributed by atoms with E-state index in [1.54, 1.807) is 0 Å². The van der Waals surface area contributed by atoms with E-state index in [-0.39, 0.29) is 0 Å². The van der Waals surface area contributed by atoms with Gasteiger partial charge < -0.3 is 0 Å². The monoisotopic (exact) mass is 184 g/mol. The van der Waals surface area contributed by atoms with Gasteiger partial charge in [-0.2, -0.15) is 0 Å². The maximum atomic E-state index is 3.38. The molecule has 0 aromatic heterocycles. The first-order chi connectivity index (χ1) is 6.38. The number of nitrogens with one attached hydrogen (secondary N) is 2. The van der Waals surface area contributed by atoms with Gasteiger partial charge in [0.25, 0.3) is 0 Å². The van der Waals surface area contributed by atoms with E-state index in [4.69, 9.17) is 0 Å². The van der Waals surface area contributed by atoms with Crippen LogP contribution in [0.25, 0.3) is 0 Å². The van der Waals surface area contributed by atoms with E-state index in [1.807, 2.05) is 0 Å². The van der Waals surface area contributed by atoms with Crippen molar-refractivity contribution in [1.82, 2.24) is 10.9 Å². The fraction of sp³-hybridized carbons (Fsp3) is 1.00. The molecule has 2 nitrogen and oxygen atoms in total. The first-order valence-electron chi connectivity index (χ1n) is 5.86. The molecule has 0 aromatic rings. The summed E-state index contributed by atoms with van der Waals surface area (Å²) in [5.41, 5.74) is 6.61. The Morgan fingerprint density at radius 1 is 1.31 bits per heavy atom. The molecule has 1 aliphatic heterocycles. The van der Waals surface area contributed by atoms with Crippen molar-refractivity contribution < 1.29 is 0 Å². The summed E-state index contributed by atoms with van der Waals surface area (Å²) in [6.07, 6.45) is 8.19. The average Bonchev–Trinajstić information content (AvgIpc) is 2.65. The van der Waals surface area contributed by atoms with Crippen LogP contribution < -0.4 is 10.9 Å². The third-order valence-corrected chi connectivity index (χ3v) is 3.14. The van der Waals surface area contributed by atoms with E-state index < -0.39 is 0 Å². The molecule has 0 spiro atoms. The Morgan fingerprint density at radius 2 is 2.15 bits per heavy atom. The number of hydrogen-bond donors (Lipinski definition) is 2. The van der Waals surface area contributed by atoms with Crippen LogP contribution in [0.5, 0.6) is 0 Å². The zero-order valence-corrected chi connectivity index (χ0v) is 9.10. The van der Waals surface area contributed by atoms with Crippen LogP contribution in [-0.4, -0.2) is 12.6 Å². The third-order valence-electron chi connectivity index (χ3n) is 3.14. The molecule has 1 fully saturated rings. The minimum Gasteiger partial charge on any atom is -0.258 e. The van der Waals surface area contributed by atoms with E-state index >= 15 is 0 Å². The zero-order valence-electron chi connectivity index (χ0n) is 9.10. The molecule has 1 aliphatic rings. The third kappa shape index (κ3) is 3.65. The van der Waals surface area contributed by atoms with Crippen molar-refractivity contribution in [2.45, 2.75) is 58.4 Å². The molecule has 2 heteroatoms. The van der Waals surface area contributed by atoms with Crippen LogP contribution in [0.4, 0.5) is 0 Å². The lowest BCUT2D eigenvalue weighted by Gasteiger charge is -2.21. The Bertz CT molecular complexity index is 119. The van der Waals surface area contributed by atoms with Crippen molar-refractivity contribution in [3.05, 3.63) is 0 Å². The fourth-order valence-corrected chi connectivity index (χ4v) is 2.20. The molecule has 0 aromatic carbocycles. The topological polar surface area (TPSA) is 24.1 Å². The molecule has 0 amide bonds. The summed E-state index contributed by atoms with van der Waals surface area (Å²) in [7, 11) is 0. The summed E-state index contributed by atoms with van der Waals surface area (Å²) in [5.74, 6) is 0.890. The minimum atomic E-state index is 0.738. The quantitative estimate of drug-likeness (QED) is 0.620. The molecule has 2 atom stereocenters. The van der Waals surface area contributed by atoms with Crippen molar-refractivity contribution in [3.63, 3.8) is 0 Å². The van der Waals surface area contributed by atoms with Gasteiger partial charge in [0.2, 0.25) is 0 Å². The van der Waals surface area contributed by atoms with Gasteiger partial charge in [0, 0.05) is 12.6 Å². The highest BCUT2D eigenvalue weighted by Gasteiger charge is 2.22. The maximum absolute atomic E-state index is 3.38. The average molecular weight is 184 g/mol. The molecule has 2 unspecified atom stereocenters. The van der Waals surface area contributed by atoms with Crippen molar-refractivity contribution in [3.8, 4) is 0 Å². The number of unbranched alkanes of at least 4 members (excludes halogenated alkanes) is 2. The Kier molecular flexibility index (Phi) is 5.40. The number of hydrazine groups is 1. The Hall–Kier alpha value is -0.0800. The lowest BCUT2D eigenvalue weighted by atomic mass is 9.90. The first kappa shape index (κ1) is 11.0. The SMILES string of the molecule is CCCCCC(CC)C1CCNN1. The van der Waals surface area contributed by atoms with E-state index in [9.17, 15) is 0 Å². The van der Waals surface area contributed by atoms with Gasteiger partial charge in [-0.15, -0.1) is 0 Å². The van der Waals surface area contributed by atoms with E-state index in [2.05, 4.69) is 24.7 Å². The smallest absolute Gasteiger partial charge is 0.0253 e. The van der Waals surface area contributed by atoms with Crippen molar-refractivity contribution in [1.29, 1.82) is 0 Å². The van der Waals surface area contributed by atoms with Crippen LogP contribution in [-0.2, 0) is 0 Å². The van der Waals surface area contributed by atoms with Gasteiger partial charge in [-0.05, 0) is 18.8 Å². The fourth-order valence-electron chi connectivity index (χ4n) is 2.20. The van der Waals surface area contributed by atoms with Crippen LogP contribution >= 0.6 is 0 Å². The van der Waals surface area contributed by atoms with Gasteiger partial charge in [0.15, 0.2) is 0 Å². The zero-order chi connectivity index (χ0) is 9.52. The highest BCUT2D eigenvalue weighted by molar-refractivity contribution is 4.78. The van der Waals surface area contributed by atoms with Crippen molar-refractivity contribution >= 4 is 0 Å². The van der Waals surface area contributed by atoms with Crippen LogP contribution in [0.2, 0.25) is 0 Å². The van der Waals surface area contributed by atoms with Gasteiger partial charge >= 0.3 is 0 Å². The lowest BCUT2D eigenvalue weighted by Crippen LogP contribution is -2.35. The second-order valence-corrected chi connectivity index (χ2v) is 4.13. The summed E-state index contributed by atoms with van der Waals surface area (Å²) in [4.78, 5) is 0. The number of hydrogen-bond acceptors (Lipinski definition) is 2. The molecule has 1 heterocycles. The predicted octanol–water partition coefficient (Wildman–Crippen LogP) is 2.46. The second-order valence-electron chi connectivity index (χ2n) is 4.13. The maximum Gasteiger partial charge on any atom is 0.0253 e. The van der Waals surface area contributed by atoms with E-state index in [0.717, 1.165) is 18.5 Å². The van der Waals surface area contributed by atoms with Crippen LogP contribution in [0.3, 0.4) is 0 Å². The van der Waals surface area contributed by atoms with Crippen molar-refractivity contribution in [2.24, 2.45) is 5.92 Å². The number of rotatable bonds is 6. The molecule has 2 N–H and O–H groups in total. The molecule has 0 saturated carbocycles. The highest BCUT2D eigenvalue weighted by atomic mass is 15.4. The standard InChI is InChI=1S/C11H24N2/c1-3-5-6-7-10(4-2)11-8-9-12-13-11/h10-13H,3-9H2,1-2H3. The molecule has 0 radical (unpaired) electrons. The summed E-state index contributed by atoms with van der Waals surface area (Å²) >= 11 is 0. The van der Waals surface area contributed by atoms with E-state index in [1.165, 1.54) is 38.5 Å². The predicted molar refractivity (Wildman–Crippen MR) is 57.5 cm³/mol. The molecule has 78 valence electrons. The van der Waals surface area contributed by atoms with Gasteiger partial charge in [-0.1, -0.05) is 39.5 Å².